The predicted molar refractivity (Wildman–Crippen MR) is 68.9 cm³/mol. The van der Waals surface area contributed by atoms with E-state index < -0.39 is 5.82 Å². The van der Waals surface area contributed by atoms with Crippen LogP contribution in [0.4, 0.5) is 20.2 Å². The van der Waals surface area contributed by atoms with Gasteiger partial charge in [0.05, 0.1) is 5.69 Å². The summed E-state index contributed by atoms with van der Waals surface area (Å²) in [4.78, 5) is 12.7. The lowest BCUT2D eigenvalue weighted by molar-refractivity contribution is 0.112. The highest BCUT2D eigenvalue weighted by atomic mass is 19.1. The molecule has 0 amide bonds. The number of anilines is 2. The van der Waals surface area contributed by atoms with Crippen molar-refractivity contribution in [3.8, 4) is 0 Å². The molecule has 0 bridgehead atoms. The summed E-state index contributed by atoms with van der Waals surface area (Å²) in [6.45, 7) is 0.542. The summed E-state index contributed by atoms with van der Waals surface area (Å²) >= 11 is 0. The van der Waals surface area contributed by atoms with Crippen LogP contribution in [-0.2, 0) is 6.42 Å². The van der Waals surface area contributed by atoms with Gasteiger partial charge in [0.1, 0.15) is 11.6 Å². The number of hydrogen-bond donors (Lipinski definition) is 0. The van der Waals surface area contributed by atoms with Crippen molar-refractivity contribution in [2.24, 2.45) is 0 Å². The highest BCUT2D eigenvalue weighted by Crippen LogP contribution is 2.37. The fourth-order valence-corrected chi connectivity index (χ4v) is 2.50. The molecular formula is C15H11F2NO. The van der Waals surface area contributed by atoms with E-state index in [4.69, 9.17) is 0 Å². The Bertz CT molecular complexity index is 655. The average molecular weight is 259 g/mol. The van der Waals surface area contributed by atoms with Gasteiger partial charge in [0.25, 0.3) is 0 Å². The zero-order valence-electron chi connectivity index (χ0n) is 10.1. The molecule has 0 fully saturated rings. The quantitative estimate of drug-likeness (QED) is 0.770. The normalized spacial score (nSPS) is 13.5. The van der Waals surface area contributed by atoms with Gasteiger partial charge in [-0.15, -0.1) is 0 Å². The summed E-state index contributed by atoms with van der Waals surface area (Å²) in [6, 6.07) is 8.83. The maximum atomic E-state index is 14.0. The minimum atomic E-state index is -0.471. The van der Waals surface area contributed by atoms with E-state index in [1.54, 1.807) is 17.0 Å². The van der Waals surface area contributed by atoms with Gasteiger partial charge >= 0.3 is 0 Å². The molecule has 0 radical (unpaired) electrons. The monoisotopic (exact) mass is 259 g/mol. The van der Waals surface area contributed by atoms with Crippen LogP contribution in [0.1, 0.15) is 15.9 Å². The fourth-order valence-electron chi connectivity index (χ4n) is 2.50. The van der Waals surface area contributed by atoms with Crippen LogP contribution in [0.5, 0.6) is 0 Å². The molecule has 1 aliphatic heterocycles. The Balaban J connectivity index is 2.16. The van der Waals surface area contributed by atoms with Crippen LogP contribution in [-0.4, -0.2) is 12.8 Å². The molecule has 0 N–H and O–H groups in total. The molecule has 0 unspecified atom stereocenters. The number of para-hydroxylation sites is 1. The van der Waals surface area contributed by atoms with Gasteiger partial charge in [0.15, 0.2) is 6.29 Å². The molecule has 1 aliphatic rings. The lowest BCUT2D eigenvalue weighted by atomic mass is 10.1. The smallest absolute Gasteiger partial charge is 0.152 e. The van der Waals surface area contributed by atoms with Crippen molar-refractivity contribution < 1.29 is 13.6 Å². The van der Waals surface area contributed by atoms with Crippen LogP contribution < -0.4 is 4.90 Å². The third kappa shape index (κ3) is 1.89. The van der Waals surface area contributed by atoms with Gasteiger partial charge in [-0.2, -0.15) is 0 Å². The Morgan fingerprint density at radius 1 is 1.16 bits per heavy atom. The third-order valence-corrected chi connectivity index (χ3v) is 3.36. The third-order valence-electron chi connectivity index (χ3n) is 3.36. The predicted octanol–water partition coefficient (Wildman–Crippen LogP) is 3.47. The van der Waals surface area contributed by atoms with Gasteiger partial charge in [-0.25, -0.2) is 8.78 Å². The Labute approximate surface area is 109 Å². The van der Waals surface area contributed by atoms with Crippen molar-refractivity contribution in [2.75, 3.05) is 11.4 Å². The second-order valence-electron chi connectivity index (χ2n) is 4.47. The lowest BCUT2D eigenvalue weighted by Gasteiger charge is -2.21. The van der Waals surface area contributed by atoms with Crippen molar-refractivity contribution in [3.05, 3.63) is 59.2 Å². The number of carbonyl (C=O) groups excluding carboxylic acids is 1. The lowest BCUT2D eigenvalue weighted by Crippen LogP contribution is -2.17. The first-order valence-electron chi connectivity index (χ1n) is 6.00. The number of benzene rings is 2. The number of carbonyl (C=O) groups is 1. The Morgan fingerprint density at radius 3 is 2.79 bits per heavy atom. The summed E-state index contributed by atoms with van der Waals surface area (Å²) in [5.74, 6) is -0.837. The minimum Gasteiger partial charge on any atom is -0.338 e. The largest absolute Gasteiger partial charge is 0.338 e. The molecule has 1 heterocycles. The molecule has 2 nitrogen and oxygen atoms in total. The molecule has 3 rings (SSSR count). The topological polar surface area (TPSA) is 20.3 Å². The van der Waals surface area contributed by atoms with E-state index in [2.05, 4.69) is 0 Å². The van der Waals surface area contributed by atoms with E-state index in [0.717, 1.165) is 5.56 Å². The second-order valence-corrected chi connectivity index (χ2v) is 4.47. The van der Waals surface area contributed by atoms with Crippen LogP contribution >= 0.6 is 0 Å². The van der Waals surface area contributed by atoms with Crippen LogP contribution in [0.3, 0.4) is 0 Å². The standard InChI is InChI=1S/C15H11F2NO/c16-12-5-4-10-6-7-18(14(10)8-12)15-11(9-19)2-1-3-13(15)17/h1-5,8-9H,6-7H2. The van der Waals surface area contributed by atoms with Gasteiger partial charge < -0.3 is 4.90 Å². The number of aldehydes is 1. The first-order valence-corrected chi connectivity index (χ1v) is 6.00. The molecule has 0 aromatic heterocycles. The van der Waals surface area contributed by atoms with E-state index in [9.17, 15) is 13.6 Å². The molecule has 2 aromatic rings. The van der Waals surface area contributed by atoms with Gasteiger partial charge in [0.2, 0.25) is 0 Å². The minimum absolute atomic E-state index is 0.224. The average Bonchev–Trinajstić information content (AvgIpc) is 2.81. The number of fused-ring (bicyclic) bond motifs is 1. The zero-order chi connectivity index (χ0) is 13.4. The summed E-state index contributed by atoms with van der Waals surface area (Å²) < 4.78 is 27.3. The van der Waals surface area contributed by atoms with Crippen molar-refractivity contribution in [1.82, 2.24) is 0 Å². The van der Waals surface area contributed by atoms with E-state index in [-0.39, 0.29) is 17.1 Å². The molecule has 0 spiro atoms. The van der Waals surface area contributed by atoms with Gasteiger partial charge in [-0.05, 0) is 36.2 Å². The number of halogens is 2. The van der Waals surface area contributed by atoms with Gasteiger partial charge in [-0.1, -0.05) is 12.1 Å². The molecule has 2 aromatic carbocycles. The Morgan fingerprint density at radius 2 is 2.00 bits per heavy atom. The van der Waals surface area contributed by atoms with E-state index in [1.807, 2.05) is 0 Å². The van der Waals surface area contributed by atoms with E-state index in [0.29, 0.717) is 24.9 Å². The summed E-state index contributed by atoms with van der Waals surface area (Å²) in [7, 11) is 0. The highest BCUT2D eigenvalue weighted by molar-refractivity contribution is 5.88. The molecule has 0 atom stereocenters. The molecule has 0 saturated carbocycles. The van der Waals surface area contributed by atoms with E-state index >= 15 is 0 Å². The maximum absolute atomic E-state index is 14.0. The molecule has 96 valence electrons. The van der Waals surface area contributed by atoms with Crippen molar-refractivity contribution in [3.63, 3.8) is 0 Å². The van der Waals surface area contributed by atoms with Crippen molar-refractivity contribution in [2.45, 2.75) is 6.42 Å². The summed E-state index contributed by atoms with van der Waals surface area (Å²) in [6.07, 6.45) is 1.33. The SMILES string of the molecule is O=Cc1cccc(F)c1N1CCc2ccc(F)cc21. The highest BCUT2D eigenvalue weighted by Gasteiger charge is 2.25. The van der Waals surface area contributed by atoms with Crippen LogP contribution in [0.25, 0.3) is 0 Å². The number of hydrogen-bond acceptors (Lipinski definition) is 2. The summed E-state index contributed by atoms with van der Waals surface area (Å²) in [5, 5.41) is 0. The van der Waals surface area contributed by atoms with Crippen LogP contribution in [0.2, 0.25) is 0 Å². The van der Waals surface area contributed by atoms with Crippen LogP contribution in [0, 0.1) is 11.6 Å². The fraction of sp³-hybridized carbons (Fsp3) is 0.133. The molecule has 0 saturated heterocycles. The van der Waals surface area contributed by atoms with Gasteiger partial charge in [0, 0.05) is 17.8 Å². The first-order chi connectivity index (χ1) is 9.20. The number of rotatable bonds is 2. The molecule has 0 aliphatic carbocycles. The Hall–Kier alpha value is -2.23. The van der Waals surface area contributed by atoms with Gasteiger partial charge in [-0.3, -0.25) is 4.79 Å². The molecule has 4 heteroatoms. The van der Waals surface area contributed by atoms with Crippen molar-refractivity contribution >= 4 is 17.7 Å². The molecule has 19 heavy (non-hydrogen) atoms. The Kier molecular flexibility index (Phi) is 2.78. The van der Waals surface area contributed by atoms with Crippen LogP contribution in [0.15, 0.2) is 36.4 Å². The zero-order valence-corrected chi connectivity index (χ0v) is 10.1. The summed E-state index contributed by atoms with van der Waals surface area (Å²) in [5.41, 5.74) is 2.09. The van der Waals surface area contributed by atoms with E-state index in [1.165, 1.54) is 24.3 Å². The molecular weight excluding hydrogens is 248 g/mol. The maximum Gasteiger partial charge on any atom is 0.152 e. The number of nitrogens with zero attached hydrogens (tertiary/aromatic N) is 1. The first kappa shape index (κ1) is 11.8. The second kappa shape index (κ2) is 4.46. The van der Waals surface area contributed by atoms with Crippen molar-refractivity contribution in [1.29, 1.82) is 0 Å².